The second kappa shape index (κ2) is 3.73. The minimum absolute atomic E-state index is 0.0474. The van der Waals surface area contributed by atoms with Gasteiger partial charge in [-0.15, -0.1) is 0 Å². The van der Waals surface area contributed by atoms with Crippen LogP contribution in [0.25, 0.3) is 0 Å². The van der Waals surface area contributed by atoms with Crippen LogP contribution in [0.3, 0.4) is 0 Å². The van der Waals surface area contributed by atoms with Crippen molar-refractivity contribution in [3.05, 3.63) is 0 Å². The van der Waals surface area contributed by atoms with E-state index >= 15 is 0 Å². The van der Waals surface area contributed by atoms with Crippen molar-refractivity contribution in [1.29, 1.82) is 0 Å². The van der Waals surface area contributed by atoms with E-state index in [1.807, 2.05) is 0 Å². The third-order valence-corrected chi connectivity index (χ3v) is 2.93. The number of methoxy groups -OCH3 is 1. The lowest BCUT2D eigenvalue weighted by molar-refractivity contribution is -0.200. The van der Waals surface area contributed by atoms with E-state index in [1.54, 1.807) is 7.11 Å². The first-order valence-electron chi connectivity index (χ1n) is 4.79. The molecule has 0 saturated carbocycles. The highest BCUT2D eigenvalue weighted by atomic mass is 16.7. The smallest absolute Gasteiger partial charge is 0.157 e. The first-order chi connectivity index (χ1) is 5.90. The summed E-state index contributed by atoms with van der Waals surface area (Å²) < 4.78 is 10.9. The summed E-state index contributed by atoms with van der Waals surface area (Å²) in [5.74, 6) is 0.776. The Hall–Kier alpha value is -0.120. The highest BCUT2D eigenvalue weighted by Gasteiger charge is 2.32. The summed E-state index contributed by atoms with van der Waals surface area (Å²) in [6.07, 6.45) is 4.05. The Balaban J connectivity index is 1.90. The average Bonchev–Trinajstić information content (AvgIpc) is 2.17. The van der Waals surface area contributed by atoms with Gasteiger partial charge in [-0.05, 0) is 31.7 Å². The Bertz CT molecular complexity index is 151. The first-order valence-corrected chi connectivity index (χ1v) is 4.79. The van der Waals surface area contributed by atoms with Gasteiger partial charge in [0.25, 0.3) is 0 Å². The zero-order valence-electron chi connectivity index (χ0n) is 7.58. The lowest BCUT2D eigenvalue weighted by Crippen LogP contribution is -2.47. The number of nitrogens with one attached hydrogen (secondary N) is 1. The molecule has 1 N–H and O–H groups in total. The summed E-state index contributed by atoms with van der Waals surface area (Å²) in [5, 5.41) is 3.35. The number of rotatable bonds is 1. The van der Waals surface area contributed by atoms with E-state index in [0.29, 0.717) is 6.10 Å². The van der Waals surface area contributed by atoms with Crippen LogP contribution in [0.2, 0.25) is 0 Å². The minimum atomic E-state index is 0.0474. The predicted octanol–water partition coefficient (Wildman–Crippen LogP) is 0.747. The van der Waals surface area contributed by atoms with Gasteiger partial charge in [0, 0.05) is 13.7 Å². The number of hydrogen-bond donors (Lipinski definition) is 1. The van der Waals surface area contributed by atoms with Gasteiger partial charge in [0.05, 0.1) is 6.10 Å². The van der Waals surface area contributed by atoms with Crippen molar-refractivity contribution >= 4 is 0 Å². The number of ether oxygens (including phenoxy) is 2. The Labute approximate surface area is 73.4 Å². The maximum absolute atomic E-state index is 5.75. The Morgan fingerprint density at radius 3 is 3.08 bits per heavy atom. The van der Waals surface area contributed by atoms with Gasteiger partial charge in [0.1, 0.15) is 0 Å². The van der Waals surface area contributed by atoms with Crippen molar-refractivity contribution in [1.82, 2.24) is 5.32 Å². The molecule has 2 aliphatic heterocycles. The molecule has 0 radical (unpaired) electrons. The first kappa shape index (κ1) is 8.48. The highest BCUT2D eigenvalue weighted by Crippen LogP contribution is 2.29. The van der Waals surface area contributed by atoms with E-state index in [1.165, 1.54) is 12.8 Å². The maximum atomic E-state index is 5.75. The fourth-order valence-corrected chi connectivity index (χ4v) is 2.16. The van der Waals surface area contributed by atoms with E-state index in [-0.39, 0.29) is 6.29 Å². The van der Waals surface area contributed by atoms with E-state index in [9.17, 15) is 0 Å². The van der Waals surface area contributed by atoms with E-state index in [4.69, 9.17) is 9.47 Å². The van der Waals surface area contributed by atoms with Crippen molar-refractivity contribution in [2.45, 2.75) is 31.7 Å². The average molecular weight is 171 g/mol. The fraction of sp³-hybridized carbons (Fsp3) is 1.00. The lowest BCUT2D eigenvalue weighted by Gasteiger charge is -2.39. The lowest BCUT2D eigenvalue weighted by atomic mass is 9.88. The van der Waals surface area contributed by atoms with Crippen LogP contribution < -0.4 is 5.32 Å². The Morgan fingerprint density at radius 2 is 2.25 bits per heavy atom. The minimum Gasteiger partial charge on any atom is -0.356 e. The molecule has 0 aromatic heterocycles. The van der Waals surface area contributed by atoms with Gasteiger partial charge >= 0.3 is 0 Å². The second-order valence-electron chi connectivity index (χ2n) is 3.67. The molecule has 70 valence electrons. The van der Waals surface area contributed by atoms with E-state index in [2.05, 4.69) is 5.32 Å². The summed E-state index contributed by atoms with van der Waals surface area (Å²) in [5.41, 5.74) is 0. The zero-order chi connectivity index (χ0) is 8.39. The van der Waals surface area contributed by atoms with Crippen LogP contribution in [-0.2, 0) is 9.47 Å². The van der Waals surface area contributed by atoms with Crippen molar-refractivity contribution in [3.8, 4) is 0 Å². The molecular weight excluding hydrogens is 154 g/mol. The molecule has 2 fully saturated rings. The van der Waals surface area contributed by atoms with Gasteiger partial charge in [-0.3, -0.25) is 0 Å². The van der Waals surface area contributed by atoms with Crippen LogP contribution in [-0.4, -0.2) is 32.6 Å². The van der Waals surface area contributed by atoms with Crippen LogP contribution in [0.15, 0.2) is 0 Å². The molecular formula is C9H17NO2. The second-order valence-corrected chi connectivity index (χ2v) is 3.67. The molecule has 3 unspecified atom stereocenters. The third-order valence-electron chi connectivity index (χ3n) is 2.93. The molecule has 0 spiro atoms. The summed E-state index contributed by atoms with van der Waals surface area (Å²) in [6, 6.07) is 0. The zero-order valence-corrected chi connectivity index (χ0v) is 7.58. The van der Waals surface area contributed by atoms with Crippen molar-refractivity contribution < 1.29 is 9.47 Å². The van der Waals surface area contributed by atoms with E-state index in [0.717, 1.165) is 25.4 Å². The summed E-state index contributed by atoms with van der Waals surface area (Å²) >= 11 is 0. The highest BCUT2D eigenvalue weighted by molar-refractivity contribution is 4.82. The van der Waals surface area contributed by atoms with Gasteiger partial charge in [0.15, 0.2) is 6.29 Å². The maximum Gasteiger partial charge on any atom is 0.157 e. The molecule has 0 bridgehead atoms. The largest absolute Gasteiger partial charge is 0.356 e. The number of piperidine rings is 1. The molecule has 12 heavy (non-hydrogen) atoms. The topological polar surface area (TPSA) is 30.5 Å². The standard InChI is InChI=1S/C9H17NO2/c1-11-9-3-2-7-4-5-10-6-8(7)12-9/h7-10H,2-6H2,1H3. The molecule has 2 rings (SSSR count). The molecule has 3 nitrogen and oxygen atoms in total. The van der Waals surface area contributed by atoms with Gasteiger partial charge in [-0.2, -0.15) is 0 Å². The van der Waals surface area contributed by atoms with Gasteiger partial charge < -0.3 is 14.8 Å². The van der Waals surface area contributed by atoms with Gasteiger partial charge in [-0.25, -0.2) is 0 Å². The van der Waals surface area contributed by atoms with Crippen LogP contribution in [0.4, 0.5) is 0 Å². The number of hydrogen-bond acceptors (Lipinski definition) is 3. The normalized spacial score (nSPS) is 42.2. The SMILES string of the molecule is COC1CCC2CCNCC2O1. The monoisotopic (exact) mass is 171 g/mol. The van der Waals surface area contributed by atoms with Crippen LogP contribution >= 0.6 is 0 Å². The summed E-state index contributed by atoms with van der Waals surface area (Å²) in [4.78, 5) is 0. The quantitative estimate of drug-likeness (QED) is 0.631. The van der Waals surface area contributed by atoms with Crippen molar-refractivity contribution in [2.24, 2.45) is 5.92 Å². The van der Waals surface area contributed by atoms with Crippen LogP contribution in [0, 0.1) is 5.92 Å². The predicted molar refractivity (Wildman–Crippen MR) is 45.9 cm³/mol. The molecule has 0 aromatic carbocycles. The summed E-state index contributed by atoms with van der Waals surface area (Å²) in [6.45, 7) is 2.16. The molecule has 0 aliphatic carbocycles. The molecule has 2 aliphatic rings. The van der Waals surface area contributed by atoms with Crippen molar-refractivity contribution in [3.63, 3.8) is 0 Å². The molecule has 2 saturated heterocycles. The molecule has 2 heterocycles. The van der Waals surface area contributed by atoms with Gasteiger partial charge in [-0.1, -0.05) is 0 Å². The molecule has 3 heteroatoms. The summed E-state index contributed by atoms with van der Waals surface area (Å²) in [7, 11) is 1.72. The molecule has 0 amide bonds. The van der Waals surface area contributed by atoms with Crippen molar-refractivity contribution in [2.75, 3.05) is 20.2 Å². The molecule has 0 aromatic rings. The third kappa shape index (κ3) is 1.63. The van der Waals surface area contributed by atoms with Crippen LogP contribution in [0.1, 0.15) is 19.3 Å². The Morgan fingerprint density at radius 1 is 1.33 bits per heavy atom. The molecule has 3 atom stereocenters. The van der Waals surface area contributed by atoms with E-state index < -0.39 is 0 Å². The Kier molecular flexibility index (Phi) is 2.63. The van der Waals surface area contributed by atoms with Crippen LogP contribution in [0.5, 0.6) is 0 Å². The van der Waals surface area contributed by atoms with Gasteiger partial charge in [0.2, 0.25) is 0 Å². The fourth-order valence-electron chi connectivity index (χ4n) is 2.16. The number of fused-ring (bicyclic) bond motifs is 1.